The summed E-state index contributed by atoms with van der Waals surface area (Å²) in [7, 11) is 0. The molecule has 2 aliphatic heterocycles. The maximum atomic E-state index is 12.0. The van der Waals surface area contributed by atoms with Crippen molar-refractivity contribution < 1.29 is 18.0 Å². The summed E-state index contributed by atoms with van der Waals surface area (Å²) in [6, 6.07) is 0. The molecule has 2 unspecified atom stereocenters. The Hall–Kier alpha value is -0.780. The molecule has 2 fully saturated rings. The Morgan fingerprint density at radius 2 is 1.81 bits per heavy atom. The number of nitrogens with one attached hydrogen (secondary N) is 1. The molecule has 2 atom stereocenters. The van der Waals surface area contributed by atoms with E-state index in [9.17, 15) is 18.0 Å². The van der Waals surface area contributed by atoms with Gasteiger partial charge in [-0.3, -0.25) is 4.79 Å². The largest absolute Gasteiger partial charge is 0.389 e. The molecule has 0 radical (unpaired) electrons. The van der Waals surface area contributed by atoms with E-state index in [1.165, 1.54) is 0 Å². The molecule has 2 saturated heterocycles. The second-order valence-electron chi connectivity index (χ2n) is 4.59. The second-order valence-corrected chi connectivity index (χ2v) is 4.59. The summed E-state index contributed by atoms with van der Waals surface area (Å²) in [5.74, 6) is 0.524. The van der Waals surface area contributed by atoms with E-state index in [0.717, 1.165) is 13.1 Å². The van der Waals surface area contributed by atoms with Gasteiger partial charge in [0.25, 0.3) is 0 Å². The smallest absolute Gasteiger partial charge is 0.342 e. The molecular weight excluding hydrogens is 221 g/mol. The molecule has 0 bridgehead atoms. The Bertz CT molecular complexity index is 268. The van der Waals surface area contributed by atoms with Crippen molar-refractivity contribution in [3.05, 3.63) is 0 Å². The van der Waals surface area contributed by atoms with E-state index in [1.807, 2.05) is 0 Å². The highest BCUT2D eigenvalue weighted by Gasteiger charge is 2.38. The first-order chi connectivity index (χ1) is 7.46. The molecule has 0 aromatic carbocycles. The third-order valence-electron chi connectivity index (χ3n) is 3.36. The normalized spacial score (nSPS) is 29.6. The second kappa shape index (κ2) is 4.24. The summed E-state index contributed by atoms with van der Waals surface area (Å²) in [5, 5.41) is 3.22. The third kappa shape index (κ3) is 2.66. The van der Waals surface area contributed by atoms with Gasteiger partial charge in [0.2, 0.25) is 5.91 Å². The van der Waals surface area contributed by atoms with E-state index >= 15 is 0 Å². The molecule has 92 valence electrons. The maximum absolute atomic E-state index is 12.0. The number of fused-ring (bicyclic) bond motifs is 1. The van der Waals surface area contributed by atoms with Crippen LogP contribution in [0.3, 0.4) is 0 Å². The number of hydrogen-bond acceptors (Lipinski definition) is 2. The van der Waals surface area contributed by atoms with Crippen LogP contribution in [-0.4, -0.2) is 43.2 Å². The van der Waals surface area contributed by atoms with Crippen molar-refractivity contribution in [3.63, 3.8) is 0 Å². The maximum Gasteiger partial charge on any atom is 0.389 e. The fourth-order valence-corrected chi connectivity index (χ4v) is 2.47. The lowest BCUT2D eigenvalue weighted by molar-refractivity contribution is -0.148. The lowest BCUT2D eigenvalue weighted by Crippen LogP contribution is -2.32. The number of carbonyl (C=O) groups is 1. The van der Waals surface area contributed by atoms with E-state index in [2.05, 4.69) is 5.32 Å². The molecule has 2 heterocycles. The Balaban J connectivity index is 1.79. The van der Waals surface area contributed by atoms with E-state index in [1.54, 1.807) is 4.90 Å². The quantitative estimate of drug-likeness (QED) is 0.776. The summed E-state index contributed by atoms with van der Waals surface area (Å²) >= 11 is 0. The summed E-state index contributed by atoms with van der Waals surface area (Å²) in [4.78, 5) is 13.1. The number of carbonyl (C=O) groups excluding carboxylic acids is 1. The molecule has 1 N–H and O–H groups in total. The first-order valence-corrected chi connectivity index (χ1v) is 5.51. The first-order valence-electron chi connectivity index (χ1n) is 5.51. The third-order valence-corrected chi connectivity index (χ3v) is 3.36. The molecule has 0 aliphatic carbocycles. The van der Waals surface area contributed by atoms with Gasteiger partial charge >= 0.3 is 6.18 Å². The molecule has 6 heteroatoms. The molecule has 1 amide bonds. The number of rotatable bonds is 2. The lowest BCUT2D eigenvalue weighted by atomic mass is 10.0. The summed E-state index contributed by atoms with van der Waals surface area (Å²) in [6.07, 6.45) is -5.64. The van der Waals surface area contributed by atoms with Gasteiger partial charge in [0.1, 0.15) is 0 Å². The van der Waals surface area contributed by atoms with Crippen LogP contribution in [0.2, 0.25) is 0 Å². The van der Waals surface area contributed by atoms with Crippen LogP contribution in [0, 0.1) is 11.8 Å². The molecule has 0 aromatic rings. The van der Waals surface area contributed by atoms with Gasteiger partial charge in [0.15, 0.2) is 0 Å². The number of halogens is 3. The predicted octanol–water partition coefficient (Wildman–Crippen LogP) is 1.01. The molecule has 2 aliphatic rings. The van der Waals surface area contributed by atoms with Crippen LogP contribution in [0.15, 0.2) is 0 Å². The lowest BCUT2D eigenvalue weighted by Gasteiger charge is -2.17. The summed E-state index contributed by atoms with van der Waals surface area (Å²) in [6.45, 7) is 3.00. The van der Waals surface area contributed by atoms with Gasteiger partial charge < -0.3 is 10.2 Å². The van der Waals surface area contributed by atoms with E-state index in [-0.39, 0.29) is 5.91 Å². The van der Waals surface area contributed by atoms with Crippen LogP contribution in [0.5, 0.6) is 0 Å². The Kier molecular flexibility index (Phi) is 3.10. The Morgan fingerprint density at radius 3 is 2.31 bits per heavy atom. The number of hydrogen-bond donors (Lipinski definition) is 1. The average Bonchev–Trinajstić information content (AvgIpc) is 2.71. The first kappa shape index (κ1) is 11.7. The minimum Gasteiger partial charge on any atom is -0.342 e. The predicted molar refractivity (Wildman–Crippen MR) is 51.7 cm³/mol. The van der Waals surface area contributed by atoms with Crippen molar-refractivity contribution in [2.45, 2.75) is 19.0 Å². The van der Waals surface area contributed by atoms with Crippen LogP contribution < -0.4 is 5.32 Å². The van der Waals surface area contributed by atoms with Crippen LogP contribution in [0.25, 0.3) is 0 Å². The highest BCUT2D eigenvalue weighted by atomic mass is 19.4. The van der Waals surface area contributed by atoms with Gasteiger partial charge in [-0.15, -0.1) is 0 Å². The van der Waals surface area contributed by atoms with Crippen molar-refractivity contribution in [1.82, 2.24) is 10.2 Å². The highest BCUT2D eigenvalue weighted by Crippen LogP contribution is 2.28. The fraction of sp³-hybridized carbons (Fsp3) is 0.900. The van der Waals surface area contributed by atoms with Gasteiger partial charge in [0.05, 0.1) is 6.42 Å². The van der Waals surface area contributed by atoms with Gasteiger partial charge in [-0.1, -0.05) is 0 Å². The van der Waals surface area contributed by atoms with Gasteiger partial charge in [-0.05, 0) is 11.8 Å². The molecular formula is C10H15F3N2O. The Labute approximate surface area is 92.0 Å². The summed E-state index contributed by atoms with van der Waals surface area (Å²) < 4.78 is 35.9. The van der Waals surface area contributed by atoms with Crippen LogP contribution in [-0.2, 0) is 4.79 Å². The highest BCUT2D eigenvalue weighted by molar-refractivity contribution is 5.76. The van der Waals surface area contributed by atoms with Gasteiger partial charge in [-0.25, -0.2) is 0 Å². The molecule has 3 nitrogen and oxygen atoms in total. The van der Waals surface area contributed by atoms with E-state index in [0.29, 0.717) is 24.9 Å². The van der Waals surface area contributed by atoms with Gasteiger partial charge in [-0.2, -0.15) is 13.2 Å². The van der Waals surface area contributed by atoms with Crippen molar-refractivity contribution in [2.75, 3.05) is 26.2 Å². The van der Waals surface area contributed by atoms with E-state index in [4.69, 9.17) is 0 Å². The number of likely N-dealkylation sites (tertiary alicyclic amines) is 1. The number of alkyl halides is 3. The van der Waals surface area contributed by atoms with Crippen molar-refractivity contribution in [1.29, 1.82) is 0 Å². The number of amides is 1. The Morgan fingerprint density at radius 1 is 1.25 bits per heavy atom. The van der Waals surface area contributed by atoms with Crippen LogP contribution >= 0.6 is 0 Å². The van der Waals surface area contributed by atoms with Crippen LogP contribution in [0.4, 0.5) is 13.2 Å². The zero-order valence-corrected chi connectivity index (χ0v) is 8.89. The molecule has 16 heavy (non-hydrogen) atoms. The van der Waals surface area contributed by atoms with E-state index < -0.39 is 19.0 Å². The molecule has 0 saturated carbocycles. The zero-order valence-electron chi connectivity index (χ0n) is 8.89. The zero-order chi connectivity index (χ0) is 11.8. The fourth-order valence-electron chi connectivity index (χ4n) is 2.47. The summed E-state index contributed by atoms with van der Waals surface area (Å²) in [5.41, 5.74) is 0. The van der Waals surface area contributed by atoms with Crippen molar-refractivity contribution >= 4 is 5.91 Å². The monoisotopic (exact) mass is 236 g/mol. The SMILES string of the molecule is O=C(CCC(F)(F)F)N1CC2CNCC2C1. The molecule has 0 spiro atoms. The van der Waals surface area contributed by atoms with Crippen molar-refractivity contribution in [3.8, 4) is 0 Å². The molecule has 2 rings (SSSR count). The molecule has 0 aromatic heterocycles. The topological polar surface area (TPSA) is 32.3 Å². The van der Waals surface area contributed by atoms with Crippen molar-refractivity contribution in [2.24, 2.45) is 11.8 Å². The number of nitrogens with zero attached hydrogens (tertiary/aromatic N) is 1. The standard InChI is InChI=1S/C10H15F3N2O/c11-10(12,13)2-1-9(16)15-5-7-3-14-4-8(7)6-15/h7-8,14H,1-6H2. The van der Waals surface area contributed by atoms with Crippen LogP contribution in [0.1, 0.15) is 12.8 Å². The van der Waals surface area contributed by atoms with Gasteiger partial charge in [0, 0.05) is 32.6 Å². The minimum absolute atomic E-state index is 0.355. The minimum atomic E-state index is -4.23. The average molecular weight is 236 g/mol.